The maximum atomic E-state index is 12.1. The smallest absolute Gasteiger partial charge is 0.269 e. The summed E-state index contributed by atoms with van der Waals surface area (Å²) in [4.78, 5) is 32.3. The third-order valence-corrected chi connectivity index (χ3v) is 3.44. The number of anilines is 1. The van der Waals surface area contributed by atoms with Crippen molar-refractivity contribution in [1.82, 2.24) is 5.32 Å². The molecule has 0 aromatic heterocycles. The second-order valence-corrected chi connectivity index (χ2v) is 5.38. The van der Waals surface area contributed by atoms with Gasteiger partial charge in [0.05, 0.1) is 9.85 Å². The van der Waals surface area contributed by atoms with Crippen LogP contribution in [0.5, 0.6) is 0 Å². The minimum atomic E-state index is -0.564. The molecule has 0 atom stereocenters. The highest BCUT2D eigenvalue weighted by Gasteiger charge is 2.12. The molecule has 1 amide bonds. The van der Waals surface area contributed by atoms with Crippen molar-refractivity contribution in [3.8, 4) is 0 Å². The first-order valence-corrected chi connectivity index (χ1v) is 7.30. The summed E-state index contributed by atoms with van der Waals surface area (Å²) in [5.74, 6) is -0.535. The minimum absolute atomic E-state index is 0.000283. The monoisotopic (exact) mass is 360 g/mol. The highest BCUT2D eigenvalue weighted by Crippen LogP contribution is 2.21. The molecule has 2 N–H and O–H groups in total. The fourth-order valence-corrected chi connectivity index (χ4v) is 2.17. The fraction of sp³-hybridized carbons (Fsp3) is 0.0667. The first kappa shape index (κ1) is 17.9. The van der Waals surface area contributed by atoms with E-state index in [1.54, 1.807) is 6.92 Å². The summed E-state index contributed by atoms with van der Waals surface area (Å²) in [5.41, 5.74) is 1.12. The maximum absolute atomic E-state index is 12.1. The average molecular weight is 360 g/mol. The molecule has 0 aliphatic heterocycles. The molecule has 0 spiro atoms. The van der Waals surface area contributed by atoms with E-state index >= 15 is 0 Å². The van der Waals surface area contributed by atoms with E-state index in [1.165, 1.54) is 42.5 Å². The Morgan fingerprint density at radius 3 is 2.08 bits per heavy atom. The Morgan fingerprint density at radius 2 is 1.56 bits per heavy atom. The Kier molecular flexibility index (Phi) is 5.35. The number of thiocarbonyl (C=S) groups is 1. The van der Waals surface area contributed by atoms with Gasteiger partial charge in [-0.05, 0) is 42.9 Å². The molecule has 0 heterocycles. The van der Waals surface area contributed by atoms with Gasteiger partial charge < -0.3 is 5.32 Å². The van der Waals surface area contributed by atoms with Crippen LogP contribution in [-0.4, -0.2) is 20.9 Å². The molecule has 0 unspecified atom stereocenters. The Labute approximate surface area is 147 Å². The molecule has 2 rings (SSSR count). The van der Waals surface area contributed by atoms with E-state index in [-0.39, 0.29) is 22.1 Å². The largest absolute Gasteiger partial charge is 0.332 e. The number of aryl methyl sites for hydroxylation is 1. The van der Waals surface area contributed by atoms with Gasteiger partial charge in [0.2, 0.25) is 0 Å². The third-order valence-electron chi connectivity index (χ3n) is 3.24. The number of hydrogen-bond donors (Lipinski definition) is 2. The van der Waals surface area contributed by atoms with Gasteiger partial charge in [-0.3, -0.25) is 30.3 Å². The van der Waals surface area contributed by atoms with E-state index in [1.807, 2.05) is 0 Å². The van der Waals surface area contributed by atoms with Gasteiger partial charge in [0.25, 0.3) is 17.3 Å². The van der Waals surface area contributed by atoms with Crippen LogP contribution in [0.1, 0.15) is 15.9 Å². The van der Waals surface area contributed by atoms with E-state index in [4.69, 9.17) is 12.2 Å². The molecule has 2 aromatic rings. The number of carbonyl (C=O) groups excluding carboxylic acids is 1. The molecule has 0 saturated heterocycles. The SMILES string of the molecule is Cc1cc([N+](=O)[O-])ccc1NC(=S)NC(=O)c1ccc([N+](=O)[O-])cc1. The van der Waals surface area contributed by atoms with Crippen LogP contribution in [-0.2, 0) is 0 Å². The molecular weight excluding hydrogens is 348 g/mol. The molecule has 9 nitrogen and oxygen atoms in total. The van der Waals surface area contributed by atoms with Crippen LogP contribution in [0.4, 0.5) is 17.1 Å². The van der Waals surface area contributed by atoms with E-state index < -0.39 is 15.8 Å². The molecule has 2 aromatic carbocycles. The van der Waals surface area contributed by atoms with Crippen molar-refractivity contribution in [2.45, 2.75) is 6.92 Å². The summed E-state index contributed by atoms with van der Waals surface area (Å²) in [5, 5.41) is 26.5. The van der Waals surface area contributed by atoms with Crippen molar-refractivity contribution < 1.29 is 14.6 Å². The van der Waals surface area contributed by atoms with Crippen LogP contribution >= 0.6 is 12.2 Å². The lowest BCUT2D eigenvalue weighted by Gasteiger charge is -2.11. The molecule has 10 heteroatoms. The van der Waals surface area contributed by atoms with Crippen LogP contribution < -0.4 is 10.6 Å². The van der Waals surface area contributed by atoms with Gasteiger partial charge in [0.1, 0.15) is 0 Å². The van der Waals surface area contributed by atoms with Crippen molar-refractivity contribution in [3.05, 3.63) is 73.8 Å². The average Bonchev–Trinajstić information content (AvgIpc) is 2.56. The number of hydrogen-bond acceptors (Lipinski definition) is 6. The molecule has 0 saturated carbocycles. The Balaban J connectivity index is 2.03. The molecule has 0 radical (unpaired) electrons. The summed E-state index contributed by atoms with van der Waals surface area (Å²) in [6, 6.07) is 9.23. The Morgan fingerprint density at radius 1 is 1.00 bits per heavy atom. The lowest BCUT2D eigenvalue weighted by atomic mass is 10.2. The van der Waals surface area contributed by atoms with Crippen molar-refractivity contribution in [2.75, 3.05) is 5.32 Å². The molecule has 0 bridgehead atoms. The summed E-state index contributed by atoms with van der Waals surface area (Å²) < 4.78 is 0. The van der Waals surface area contributed by atoms with E-state index in [0.29, 0.717) is 11.3 Å². The summed E-state index contributed by atoms with van der Waals surface area (Å²) in [7, 11) is 0. The van der Waals surface area contributed by atoms with Gasteiger partial charge in [-0.1, -0.05) is 0 Å². The molecule has 0 aliphatic carbocycles. The predicted octanol–water partition coefficient (Wildman–Crippen LogP) is 2.94. The van der Waals surface area contributed by atoms with Gasteiger partial charge in [0, 0.05) is 35.5 Å². The normalized spacial score (nSPS) is 9.96. The number of benzene rings is 2. The minimum Gasteiger partial charge on any atom is -0.332 e. The summed E-state index contributed by atoms with van der Waals surface area (Å²) >= 11 is 5.04. The number of rotatable bonds is 4. The zero-order valence-electron chi connectivity index (χ0n) is 12.9. The van der Waals surface area contributed by atoms with Gasteiger partial charge in [-0.2, -0.15) is 0 Å². The number of nitrogens with one attached hydrogen (secondary N) is 2. The van der Waals surface area contributed by atoms with E-state index in [2.05, 4.69) is 10.6 Å². The number of carbonyl (C=O) groups is 1. The van der Waals surface area contributed by atoms with Gasteiger partial charge in [0.15, 0.2) is 5.11 Å². The number of nitrogens with zero attached hydrogens (tertiary/aromatic N) is 2. The van der Waals surface area contributed by atoms with Crippen LogP contribution in [0.25, 0.3) is 0 Å². The van der Waals surface area contributed by atoms with Crippen molar-refractivity contribution in [3.63, 3.8) is 0 Å². The zero-order valence-corrected chi connectivity index (χ0v) is 13.7. The first-order valence-electron chi connectivity index (χ1n) is 6.90. The van der Waals surface area contributed by atoms with Crippen LogP contribution in [0.3, 0.4) is 0 Å². The highest BCUT2D eigenvalue weighted by molar-refractivity contribution is 7.80. The maximum Gasteiger partial charge on any atom is 0.269 e. The van der Waals surface area contributed by atoms with Crippen molar-refractivity contribution >= 4 is 40.3 Å². The first-order chi connectivity index (χ1) is 11.8. The fourth-order valence-electron chi connectivity index (χ4n) is 1.97. The molecule has 0 aliphatic rings. The summed E-state index contributed by atoms with van der Waals surface area (Å²) in [6.45, 7) is 1.66. The highest BCUT2D eigenvalue weighted by atomic mass is 32.1. The van der Waals surface area contributed by atoms with Gasteiger partial charge in [-0.15, -0.1) is 0 Å². The number of nitro groups is 2. The van der Waals surface area contributed by atoms with Crippen LogP contribution in [0, 0.1) is 27.2 Å². The second kappa shape index (κ2) is 7.45. The lowest BCUT2D eigenvalue weighted by molar-refractivity contribution is -0.385. The van der Waals surface area contributed by atoms with E-state index in [9.17, 15) is 25.0 Å². The zero-order chi connectivity index (χ0) is 18.6. The van der Waals surface area contributed by atoms with Gasteiger partial charge >= 0.3 is 0 Å². The number of nitro benzene ring substituents is 2. The summed E-state index contributed by atoms with van der Waals surface area (Å²) in [6.07, 6.45) is 0. The van der Waals surface area contributed by atoms with Crippen LogP contribution in [0.2, 0.25) is 0 Å². The topological polar surface area (TPSA) is 127 Å². The molecule has 128 valence electrons. The Bertz CT molecular complexity index is 867. The third kappa shape index (κ3) is 4.54. The van der Waals surface area contributed by atoms with E-state index in [0.717, 1.165) is 0 Å². The second-order valence-electron chi connectivity index (χ2n) is 4.97. The quantitative estimate of drug-likeness (QED) is 0.487. The lowest BCUT2D eigenvalue weighted by Crippen LogP contribution is -2.34. The van der Waals surface area contributed by atoms with Crippen molar-refractivity contribution in [2.24, 2.45) is 0 Å². The predicted molar refractivity (Wildman–Crippen MR) is 94.6 cm³/mol. The van der Waals surface area contributed by atoms with Crippen molar-refractivity contribution in [1.29, 1.82) is 0 Å². The molecule has 0 fully saturated rings. The Hall–Kier alpha value is -3.40. The molecular formula is C15H12N4O5S. The van der Waals surface area contributed by atoms with Gasteiger partial charge in [-0.25, -0.2) is 0 Å². The van der Waals surface area contributed by atoms with Crippen LogP contribution in [0.15, 0.2) is 42.5 Å². The number of amides is 1. The number of non-ortho nitro benzene ring substituents is 2. The standard InChI is InChI=1S/C15H12N4O5S/c1-9-8-12(19(23)24)6-7-13(9)16-15(25)17-14(20)10-2-4-11(5-3-10)18(21)22/h2-8H,1H3,(H2,16,17,20,25). The molecule has 25 heavy (non-hydrogen) atoms.